The van der Waals surface area contributed by atoms with Gasteiger partial charge in [0, 0.05) is 38.3 Å². The molecule has 140 valence electrons. The van der Waals surface area contributed by atoms with E-state index in [1.54, 1.807) is 7.11 Å². The summed E-state index contributed by atoms with van der Waals surface area (Å²) in [7, 11) is 1.81. The number of hydrogen-bond donors (Lipinski definition) is 1. The second-order valence-electron chi connectivity index (χ2n) is 7.99. The third-order valence-corrected chi connectivity index (χ3v) is 6.29. The Morgan fingerprint density at radius 3 is 2.68 bits per heavy atom. The number of nitrogens with one attached hydrogen (secondary N) is 1. The zero-order chi connectivity index (χ0) is 17.5. The molecule has 2 heterocycles. The molecular formula is C21H34N2O2. The maximum atomic E-state index is 5.53. The highest BCUT2D eigenvalue weighted by Gasteiger charge is 2.32. The number of aromatic nitrogens is 1. The van der Waals surface area contributed by atoms with Crippen molar-refractivity contribution in [2.75, 3.05) is 33.5 Å². The topological polar surface area (TPSA) is 43.4 Å². The SMILES string of the molecule is COCC1(NCCC2CCC(c3cnccc3C)CC2)CCOCC1. The van der Waals surface area contributed by atoms with Crippen molar-refractivity contribution in [2.24, 2.45) is 5.92 Å². The van der Waals surface area contributed by atoms with E-state index in [9.17, 15) is 0 Å². The molecule has 0 bridgehead atoms. The standard InChI is InChI=1S/C21H34N2O2/c1-17-7-11-22-15-20(17)19-5-3-18(4-6-19)8-12-23-21(16-24-2)9-13-25-14-10-21/h7,11,15,18-19,23H,3-6,8-10,12-14,16H2,1-2H3. The van der Waals surface area contributed by atoms with Crippen molar-refractivity contribution >= 4 is 0 Å². The van der Waals surface area contributed by atoms with Crippen molar-refractivity contribution in [3.63, 3.8) is 0 Å². The normalized spacial score (nSPS) is 26.5. The maximum absolute atomic E-state index is 5.53. The number of aryl methyl sites for hydroxylation is 1. The van der Waals surface area contributed by atoms with Gasteiger partial charge in [-0.1, -0.05) is 0 Å². The van der Waals surface area contributed by atoms with Gasteiger partial charge in [-0.3, -0.25) is 4.98 Å². The maximum Gasteiger partial charge on any atom is 0.0646 e. The lowest BCUT2D eigenvalue weighted by molar-refractivity contribution is 0.0000470. The van der Waals surface area contributed by atoms with Crippen LogP contribution in [0.15, 0.2) is 18.5 Å². The molecule has 1 aliphatic heterocycles. The van der Waals surface area contributed by atoms with Crippen LogP contribution in [0, 0.1) is 12.8 Å². The zero-order valence-corrected chi connectivity index (χ0v) is 15.9. The second kappa shape index (κ2) is 9.11. The number of hydrogen-bond acceptors (Lipinski definition) is 4. The third kappa shape index (κ3) is 5.02. The molecule has 1 aromatic heterocycles. The summed E-state index contributed by atoms with van der Waals surface area (Å²) >= 11 is 0. The molecule has 1 N–H and O–H groups in total. The Hall–Kier alpha value is -0.970. The quantitative estimate of drug-likeness (QED) is 0.815. The predicted octanol–water partition coefficient (Wildman–Crippen LogP) is 3.84. The first-order valence-electron chi connectivity index (χ1n) is 9.95. The van der Waals surface area contributed by atoms with Crippen molar-refractivity contribution in [3.8, 4) is 0 Å². The highest BCUT2D eigenvalue weighted by Crippen LogP contribution is 2.37. The first-order chi connectivity index (χ1) is 12.2. The Kier molecular flexibility index (Phi) is 6.85. The monoisotopic (exact) mass is 346 g/mol. The number of ether oxygens (including phenoxy) is 2. The van der Waals surface area contributed by atoms with Crippen LogP contribution in [-0.4, -0.2) is 44.0 Å². The van der Waals surface area contributed by atoms with Crippen LogP contribution in [0.5, 0.6) is 0 Å². The van der Waals surface area contributed by atoms with Gasteiger partial charge in [0.1, 0.15) is 0 Å². The average molecular weight is 347 g/mol. The lowest BCUT2D eigenvalue weighted by Crippen LogP contribution is -2.53. The Morgan fingerprint density at radius 1 is 1.24 bits per heavy atom. The van der Waals surface area contributed by atoms with E-state index in [-0.39, 0.29) is 5.54 Å². The van der Waals surface area contributed by atoms with Gasteiger partial charge in [0.05, 0.1) is 6.61 Å². The molecular weight excluding hydrogens is 312 g/mol. The smallest absolute Gasteiger partial charge is 0.0646 e. The number of pyridine rings is 1. The molecule has 0 atom stereocenters. The van der Waals surface area contributed by atoms with Gasteiger partial charge in [0.2, 0.25) is 0 Å². The van der Waals surface area contributed by atoms with E-state index in [1.807, 2.05) is 6.20 Å². The van der Waals surface area contributed by atoms with Crippen LogP contribution in [0.1, 0.15) is 62.0 Å². The molecule has 1 aromatic rings. The summed E-state index contributed by atoms with van der Waals surface area (Å²) in [5.41, 5.74) is 3.01. The van der Waals surface area contributed by atoms with Gasteiger partial charge in [0.15, 0.2) is 0 Å². The lowest BCUT2D eigenvalue weighted by Gasteiger charge is -2.38. The molecule has 4 heteroatoms. The molecule has 0 unspecified atom stereocenters. The minimum atomic E-state index is 0.136. The molecule has 3 rings (SSSR count). The van der Waals surface area contributed by atoms with Crippen LogP contribution in [-0.2, 0) is 9.47 Å². The van der Waals surface area contributed by atoms with Crippen LogP contribution >= 0.6 is 0 Å². The number of nitrogens with zero attached hydrogens (tertiary/aromatic N) is 1. The van der Waals surface area contributed by atoms with E-state index < -0.39 is 0 Å². The molecule has 0 spiro atoms. The molecule has 1 saturated carbocycles. The Morgan fingerprint density at radius 2 is 2.00 bits per heavy atom. The van der Waals surface area contributed by atoms with Crippen molar-refractivity contribution < 1.29 is 9.47 Å². The van der Waals surface area contributed by atoms with E-state index >= 15 is 0 Å². The van der Waals surface area contributed by atoms with Crippen molar-refractivity contribution in [1.29, 1.82) is 0 Å². The fourth-order valence-electron chi connectivity index (χ4n) is 4.62. The Bertz CT molecular complexity index is 515. The van der Waals surface area contributed by atoms with Crippen LogP contribution in [0.2, 0.25) is 0 Å². The van der Waals surface area contributed by atoms with Gasteiger partial charge in [-0.2, -0.15) is 0 Å². The fraction of sp³-hybridized carbons (Fsp3) is 0.762. The minimum Gasteiger partial charge on any atom is -0.383 e. The van der Waals surface area contributed by atoms with E-state index in [0.29, 0.717) is 5.92 Å². The first kappa shape index (κ1) is 18.8. The number of rotatable bonds is 7. The fourth-order valence-corrected chi connectivity index (χ4v) is 4.62. The van der Waals surface area contributed by atoms with E-state index in [1.165, 1.54) is 43.2 Å². The highest BCUT2D eigenvalue weighted by atomic mass is 16.5. The summed E-state index contributed by atoms with van der Waals surface area (Å²) in [5, 5.41) is 3.82. The zero-order valence-electron chi connectivity index (χ0n) is 15.9. The van der Waals surface area contributed by atoms with Crippen molar-refractivity contribution in [2.45, 2.75) is 63.3 Å². The highest BCUT2D eigenvalue weighted by molar-refractivity contribution is 5.25. The summed E-state index contributed by atoms with van der Waals surface area (Å²) in [4.78, 5) is 4.33. The van der Waals surface area contributed by atoms with Crippen LogP contribution < -0.4 is 5.32 Å². The van der Waals surface area contributed by atoms with Crippen LogP contribution in [0.25, 0.3) is 0 Å². The van der Waals surface area contributed by atoms with Gasteiger partial charge >= 0.3 is 0 Å². The lowest BCUT2D eigenvalue weighted by atomic mass is 9.77. The van der Waals surface area contributed by atoms with Gasteiger partial charge < -0.3 is 14.8 Å². The Balaban J connectivity index is 1.42. The van der Waals surface area contributed by atoms with E-state index in [4.69, 9.17) is 9.47 Å². The van der Waals surface area contributed by atoms with Gasteiger partial charge in [-0.15, -0.1) is 0 Å². The van der Waals surface area contributed by atoms with Crippen molar-refractivity contribution in [1.82, 2.24) is 10.3 Å². The summed E-state index contributed by atoms with van der Waals surface area (Å²) < 4.78 is 11.0. The first-order valence-corrected chi connectivity index (χ1v) is 9.95. The molecule has 0 aromatic carbocycles. The summed E-state index contributed by atoms with van der Waals surface area (Å²) in [6.45, 7) is 5.82. The summed E-state index contributed by atoms with van der Waals surface area (Å²) in [6.07, 6.45) is 12.7. The average Bonchev–Trinajstić information content (AvgIpc) is 2.64. The molecule has 0 radical (unpaired) electrons. The molecule has 1 saturated heterocycles. The van der Waals surface area contributed by atoms with Gasteiger partial charge in [0.25, 0.3) is 0 Å². The van der Waals surface area contributed by atoms with E-state index in [2.05, 4.69) is 29.5 Å². The third-order valence-electron chi connectivity index (χ3n) is 6.29. The predicted molar refractivity (Wildman–Crippen MR) is 101 cm³/mol. The van der Waals surface area contributed by atoms with Crippen LogP contribution in [0.3, 0.4) is 0 Å². The van der Waals surface area contributed by atoms with E-state index in [0.717, 1.165) is 45.1 Å². The second-order valence-corrected chi connectivity index (χ2v) is 7.99. The van der Waals surface area contributed by atoms with Gasteiger partial charge in [-0.05, 0) is 87.4 Å². The molecule has 2 fully saturated rings. The molecule has 0 amide bonds. The van der Waals surface area contributed by atoms with Gasteiger partial charge in [-0.25, -0.2) is 0 Å². The van der Waals surface area contributed by atoms with Crippen molar-refractivity contribution in [3.05, 3.63) is 29.6 Å². The van der Waals surface area contributed by atoms with Crippen LogP contribution in [0.4, 0.5) is 0 Å². The number of methoxy groups -OCH3 is 1. The summed E-state index contributed by atoms with van der Waals surface area (Å²) in [5.74, 6) is 1.58. The molecule has 4 nitrogen and oxygen atoms in total. The largest absolute Gasteiger partial charge is 0.383 e. The molecule has 25 heavy (non-hydrogen) atoms. The molecule has 2 aliphatic rings. The summed E-state index contributed by atoms with van der Waals surface area (Å²) in [6, 6.07) is 2.15. The molecule has 1 aliphatic carbocycles. The minimum absolute atomic E-state index is 0.136. The Labute approximate surface area is 152 Å².